The maximum Gasteiger partial charge on any atom is 0.224 e. The first-order valence-electron chi connectivity index (χ1n) is 5.63. The first-order valence-corrected chi connectivity index (χ1v) is 6.71. The fourth-order valence-corrected chi connectivity index (χ4v) is 2.06. The van der Waals surface area contributed by atoms with Crippen LogP contribution in [-0.2, 0) is 4.79 Å². The van der Waals surface area contributed by atoms with Crippen LogP contribution in [0.1, 0.15) is 32.3 Å². The van der Waals surface area contributed by atoms with Crippen LogP contribution < -0.4 is 11.1 Å². The number of nitrogens with two attached hydrogens (primary N) is 1. The van der Waals surface area contributed by atoms with Gasteiger partial charge in [-0.3, -0.25) is 4.79 Å². The average molecular weight is 346 g/mol. The maximum atomic E-state index is 11.7. The van der Waals surface area contributed by atoms with Crippen LogP contribution in [0.3, 0.4) is 0 Å². The van der Waals surface area contributed by atoms with E-state index in [9.17, 15) is 4.79 Å². The van der Waals surface area contributed by atoms with Crippen LogP contribution in [-0.4, -0.2) is 11.4 Å². The van der Waals surface area contributed by atoms with Crippen LogP contribution in [0.25, 0.3) is 0 Å². The van der Waals surface area contributed by atoms with Crippen molar-refractivity contribution in [3.05, 3.63) is 27.3 Å². The van der Waals surface area contributed by atoms with Gasteiger partial charge in [0, 0.05) is 21.2 Å². The van der Waals surface area contributed by atoms with Crippen LogP contribution >= 0.6 is 22.6 Å². The van der Waals surface area contributed by atoms with Crippen molar-refractivity contribution in [3.8, 4) is 0 Å². The molecule has 0 radical (unpaired) electrons. The highest BCUT2D eigenvalue weighted by Gasteiger charge is 2.13. The van der Waals surface area contributed by atoms with Crippen LogP contribution in [0.4, 0.5) is 5.69 Å². The SMILES string of the molecule is Cc1cc(I)ccc1NC(=O)CCC(C)(C)N. The highest BCUT2D eigenvalue weighted by Crippen LogP contribution is 2.18. The van der Waals surface area contributed by atoms with E-state index >= 15 is 0 Å². The van der Waals surface area contributed by atoms with Crippen LogP contribution in [0.15, 0.2) is 18.2 Å². The number of anilines is 1. The number of carbonyl (C=O) groups excluding carboxylic acids is 1. The first-order chi connectivity index (χ1) is 7.78. The zero-order chi connectivity index (χ0) is 13.1. The Kier molecular flexibility index (Phi) is 4.94. The number of amides is 1. The Bertz CT molecular complexity index is 410. The number of benzene rings is 1. The van der Waals surface area contributed by atoms with Gasteiger partial charge < -0.3 is 11.1 Å². The van der Waals surface area contributed by atoms with Gasteiger partial charge in [-0.05, 0) is 73.5 Å². The first kappa shape index (κ1) is 14.4. The minimum Gasteiger partial charge on any atom is -0.326 e. The third-order valence-electron chi connectivity index (χ3n) is 2.46. The normalized spacial score (nSPS) is 11.4. The van der Waals surface area contributed by atoms with Crippen molar-refractivity contribution in [1.82, 2.24) is 0 Å². The molecule has 3 N–H and O–H groups in total. The molecule has 0 unspecified atom stereocenters. The molecule has 0 aliphatic rings. The summed E-state index contributed by atoms with van der Waals surface area (Å²) in [6.45, 7) is 5.84. The van der Waals surface area contributed by atoms with Crippen molar-refractivity contribution >= 4 is 34.2 Å². The van der Waals surface area contributed by atoms with E-state index in [1.54, 1.807) is 0 Å². The molecule has 0 aliphatic heterocycles. The minimum absolute atomic E-state index is 0.0211. The van der Waals surface area contributed by atoms with Crippen LogP contribution in [0, 0.1) is 10.5 Å². The average Bonchev–Trinajstić information content (AvgIpc) is 2.18. The molecule has 0 saturated carbocycles. The van der Waals surface area contributed by atoms with Crippen molar-refractivity contribution in [2.75, 3.05) is 5.32 Å². The summed E-state index contributed by atoms with van der Waals surface area (Å²) in [6.07, 6.45) is 1.14. The van der Waals surface area contributed by atoms with E-state index in [-0.39, 0.29) is 11.4 Å². The molecule has 0 spiro atoms. The van der Waals surface area contributed by atoms with E-state index in [1.165, 1.54) is 3.57 Å². The summed E-state index contributed by atoms with van der Waals surface area (Å²) in [6, 6.07) is 5.96. The smallest absolute Gasteiger partial charge is 0.224 e. The number of carbonyl (C=O) groups is 1. The molecule has 0 heterocycles. The Hall–Kier alpha value is -0.620. The van der Waals surface area contributed by atoms with Gasteiger partial charge in [-0.15, -0.1) is 0 Å². The van der Waals surface area contributed by atoms with E-state index < -0.39 is 0 Å². The Morgan fingerprint density at radius 1 is 1.47 bits per heavy atom. The van der Waals surface area contributed by atoms with Gasteiger partial charge >= 0.3 is 0 Å². The van der Waals surface area contributed by atoms with Gasteiger partial charge in [0.1, 0.15) is 0 Å². The van der Waals surface area contributed by atoms with Crippen molar-refractivity contribution in [2.24, 2.45) is 5.73 Å². The van der Waals surface area contributed by atoms with Gasteiger partial charge in [0.2, 0.25) is 5.91 Å². The highest BCUT2D eigenvalue weighted by atomic mass is 127. The minimum atomic E-state index is -0.293. The lowest BCUT2D eigenvalue weighted by molar-refractivity contribution is -0.116. The Balaban J connectivity index is 2.57. The standard InChI is InChI=1S/C13H19IN2O/c1-9-8-10(14)4-5-11(9)16-12(17)6-7-13(2,3)15/h4-5,8H,6-7,15H2,1-3H3,(H,16,17). The van der Waals surface area contributed by atoms with Crippen molar-refractivity contribution in [2.45, 2.75) is 39.2 Å². The third-order valence-corrected chi connectivity index (χ3v) is 3.13. The summed E-state index contributed by atoms with van der Waals surface area (Å²) in [5.41, 5.74) is 7.51. The van der Waals surface area contributed by atoms with E-state index in [0.717, 1.165) is 11.3 Å². The van der Waals surface area contributed by atoms with E-state index in [2.05, 4.69) is 27.9 Å². The molecule has 1 aromatic carbocycles. The molecule has 0 aromatic heterocycles. The molecule has 0 bridgehead atoms. The Labute approximate surface area is 116 Å². The second-order valence-corrected chi connectivity index (χ2v) is 6.24. The van der Waals surface area contributed by atoms with Crippen LogP contribution in [0.2, 0.25) is 0 Å². The number of rotatable bonds is 4. The number of halogens is 1. The molecule has 1 rings (SSSR count). The quantitative estimate of drug-likeness (QED) is 0.824. The number of hydrogen-bond acceptors (Lipinski definition) is 2. The summed E-state index contributed by atoms with van der Waals surface area (Å²) in [4.78, 5) is 11.7. The van der Waals surface area contributed by atoms with Crippen LogP contribution in [0.5, 0.6) is 0 Å². The molecule has 3 nitrogen and oxygen atoms in total. The third kappa shape index (κ3) is 5.50. The molecular formula is C13H19IN2O. The topological polar surface area (TPSA) is 55.1 Å². The van der Waals surface area contributed by atoms with E-state index in [4.69, 9.17) is 5.73 Å². The van der Waals surface area contributed by atoms with Gasteiger partial charge in [0.25, 0.3) is 0 Å². The molecule has 0 saturated heterocycles. The summed E-state index contributed by atoms with van der Waals surface area (Å²) < 4.78 is 1.17. The fraction of sp³-hybridized carbons (Fsp3) is 0.462. The molecule has 1 aromatic rings. The predicted octanol–water partition coefficient (Wildman–Crippen LogP) is 3.06. The van der Waals surface area contributed by atoms with Crippen molar-refractivity contribution in [3.63, 3.8) is 0 Å². The molecule has 4 heteroatoms. The Morgan fingerprint density at radius 3 is 2.65 bits per heavy atom. The molecular weight excluding hydrogens is 327 g/mol. The number of aryl methyl sites for hydroxylation is 1. The zero-order valence-electron chi connectivity index (χ0n) is 10.5. The summed E-state index contributed by atoms with van der Waals surface area (Å²) in [7, 11) is 0. The highest BCUT2D eigenvalue weighted by molar-refractivity contribution is 14.1. The monoisotopic (exact) mass is 346 g/mol. The summed E-state index contributed by atoms with van der Waals surface area (Å²) in [5.74, 6) is 0.0211. The molecule has 1 amide bonds. The lowest BCUT2D eigenvalue weighted by atomic mass is 10.00. The molecule has 0 atom stereocenters. The number of hydrogen-bond donors (Lipinski definition) is 2. The molecule has 0 fully saturated rings. The molecule has 0 aliphatic carbocycles. The summed E-state index contributed by atoms with van der Waals surface area (Å²) in [5, 5.41) is 2.91. The van der Waals surface area contributed by atoms with Crippen molar-refractivity contribution in [1.29, 1.82) is 0 Å². The van der Waals surface area contributed by atoms with E-state index in [0.29, 0.717) is 12.8 Å². The Morgan fingerprint density at radius 2 is 2.12 bits per heavy atom. The largest absolute Gasteiger partial charge is 0.326 e. The fourth-order valence-electron chi connectivity index (χ4n) is 1.42. The number of nitrogens with one attached hydrogen (secondary N) is 1. The lowest BCUT2D eigenvalue weighted by Gasteiger charge is -2.17. The van der Waals surface area contributed by atoms with Gasteiger partial charge in [-0.25, -0.2) is 0 Å². The van der Waals surface area contributed by atoms with Gasteiger partial charge in [-0.1, -0.05) is 0 Å². The maximum absolute atomic E-state index is 11.7. The van der Waals surface area contributed by atoms with Gasteiger partial charge in [0.05, 0.1) is 0 Å². The summed E-state index contributed by atoms with van der Waals surface area (Å²) >= 11 is 2.25. The predicted molar refractivity (Wildman–Crippen MR) is 80.0 cm³/mol. The molecule has 17 heavy (non-hydrogen) atoms. The second-order valence-electron chi connectivity index (χ2n) is 5.00. The molecule has 94 valence electrons. The van der Waals surface area contributed by atoms with E-state index in [1.807, 2.05) is 39.0 Å². The lowest BCUT2D eigenvalue weighted by Crippen LogP contribution is -2.33. The zero-order valence-corrected chi connectivity index (χ0v) is 12.7. The van der Waals surface area contributed by atoms with Crippen molar-refractivity contribution < 1.29 is 4.79 Å². The second kappa shape index (κ2) is 5.82. The van der Waals surface area contributed by atoms with Gasteiger partial charge in [-0.2, -0.15) is 0 Å². The van der Waals surface area contributed by atoms with Gasteiger partial charge in [0.15, 0.2) is 0 Å².